The number of carbonyl (C=O) groups is 1. The lowest BCUT2D eigenvalue weighted by atomic mass is 10.1. The van der Waals surface area contributed by atoms with E-state index in [0.29, 0.717) is 11.8 Å². The Balaban J connectivity index is 1.98. The van der Waals surface area contributed by atoms with Gasteiger partial charge in [-0.3, -0.25) is 4.79 Å². The van der Waals surface area contributed by atoms with Gasteiger partial charge in [-0.05, 0) is 37.5 Å². The Morgan fingerprint density at radius 1 is 1.17 bits per heavy atom. The Morgan fingerprint density at radius 3 is 2.08 bits per heavy atom. The third-order valence-electron chi connectivity index (χ3n) is 3.12. The second kappa shape index (κ2) is 2.92. The molecule has 0 radical (unpaired) electrons. The van der Waals surface area contributed by atoms with Crippen molar-refractivity contribution in [3.05, 3.63) is 12.2 Å². The summed E-state index contributed by atoms with van der Waals surface area (Å²) in [5.41, 5.74) is 0. The molecular weight excluding hydrogens is 152 g/mol. The molecule has 0 spiro atoms. The molecule has 0 heterocycles. The molecule has 3 atom stereocenters. The van der Waals surface area contributed by atoms with Crippen LogP contribution in [-0.4, -0.2) is 11.1 Å². The van der Waals surface area contributed by atoms with Crippen LogP contribution in [-0.2, 0) is 4.79 Å². The molecule has 1 saturated carbocycles. The Hall–Kier alpha value is -0.790. The number of carboxylic acid groups (broad SMARTS) is 1. The van der Waals surface area contributed by atoms with Gasteiger partial charge in [0.15, 0.2) is 0 Å². The minimum absolute atomic E-state index is 0.00935. The predicted octanol–water partition coefficient (Wildman–Crippen LogP) is 2.06. The predicted molar refractivity (Wildman–Crippen MR) is 45.7 cm³/mol. The summed E-state index contributed by atoms with van der Waals surface area (Å²) in [6.45, 7) is 0. The van der Waals surface area contributed by atoms with E-state index in [4.69, 9.17) is 5.11 Å². The van der Waals surface area contributed by atoms with E-state index in [9.17, 15) is 4.79 Å². The van der Waals surface area contributed by atoms with Crippen molar-refractivity contribution in [3.8, 4) is 0 Å². The summed E-state index contributed by atoms with van der Waals surface area (Å²) in [7, 11) is 0. The van der Waals surface area contributed by atoms with Crippen molar-refractivity contribution in [2.24, 2.45) is 17.8 Å². The molecule has 66 valence electrons. The number of rotatable bonds is 1. The van der Waals surface area contributed by atoms with Crippen molar-refractivity contribution >= 4 is 5.97 Å². The van der Waals surface area contributed by atoms with Crippen LogP contribution in [0.15, 0.2) is 12.2 Å². The Bertz CT molecular complexity index is 204. The molecule has 0 unspecified atom stereocenters. The van der Waals surface area contributed by atoms with Gasteiger partial charge in [-0.25, -0.2) is 0 Å². The highest BCUT2D eigenvalue weighted by molar-refractivity contribution is 5.74. The maximum atomic E-state index is 10.7. The molecule has 0 amide bonds. The summed E-state index contributed by atoms with van der Waals surface area (Å²) in [5.74, 6) is 0.400. The number of carboxylic acids is 1. The Kier molecular flexibility index (Phi) is 1.91. The molecule has 1 fully saturated rings. The molecule has 12 heavy (non-hydrogen) atoms. The van der Waals surface area contributed by atoms with Gasteiger partial charge < -0.3 is 5.11 Å². The van der Waals surface area contributed by atoms with E-state index in [1.165, 1.54) is 0 Å². The van der Waals surface area contributed by atoms with Gasteiger partial charge in [0.25, 0.3) is 0 Å². The first-order chi connectivity index (χ1) is 5.80. The van der Waals surface area contributed by atoms with Crippen LogP contribution in [0, 0.1) is 17.8 Å². The lowest BCUT2D eigenvalue weighted by molar-refractivity contribution is -0.139. The lowest BCUT2D eigenvalue weighted by Crippen LogP contribution is -2.00. The maximum Gasteiger partial charge on any atom is 0.307 e. The smallest absolute Gasteiger partial charge is 0.307 e. The number of aliphatic carboxylic acids is 1. The Labute approximate surface area is 72.3 Å². The van der Waals surface area contributed by atoms with Gasteiger partial charge in [0.2, 0.25) is 0 Å². The van der Waals surface area contributed by atoms with Crippen molar-refractivity contribution in [2.75, 3.05) is 0 Å². The van der Waals surface area contributed by atoms with E-state index in [2.05, 4.69) is 12.2 Å². The fraction of sp³-hybridized carbons (Fsp3) is 0.700. The van der Waals surface area contributed by atoms with Crippen LogP contribution in [0.4, 0.5) is 0 Å². The standard InChI is InChI=1S/C10H14O2/c11-10(12)9-7-5-3-1-2-4-6-8(7)9/h1-2,7-9H,3-6H2,(H,11,12)/b2-1+/t7-,8+,9+. The Morgan fingerprint density at radius 2 is 1.67 bits per heavy atom. The molecule has 0 aliphatic heterocycles. The van der Waals surface area contributed by atoms with Gasteiger partial charge >= 0.3 is 5.97 Å². The van der Waals surface area contributed by atoms with Gasteiger partial charge in [0.1, 0.15) is 0 Å². The highest BCUT2D eigenvalue weighted by Crippen LogP contribution is 2.52. The average molecular weight is 166 g/mol. The van der Waals surface area contributed by atoms with Gasteiger partial charge in [0, 0.05) is 0 Å². The zero-order valence-electron chi connectivity index (χ0n) is 7.07. The van der Waals surface area contributed by atoms with E-state index >= 15 is 0 Å². The van der Waals surface area contributed by atoms with Crippen molar-refractivity contribution in [1.82, 2.24) is 0 Å². The molecule has 2 nitrogen and oxygen atoms in total. The maximum absolute atomic E-state index is 10.7. The largest absolute Gasteiger partial charge is 0.481 e. The van der Waals surface area contributed by atoms with Crippen molar-refractivity contribution in [3.63, 3.8) is 0 Å². The third kappa shape index (κ3) is 1.26. The van der Waals surface area contributed by atoms with E-state index in [1.807, 2.05) is 0 Å². The van der Waals surface area contributed by atoms with Crippen LogP contribution >= 0.6 is 0 Å². The van der Waals surface area contributed by atoms with Crippen molar-refractivity contribution in [1.29, 1.82) is 0 Å². The number of hydrogen-bond donors (Lipinski definition) is 1. The molecule has 1 N–H and O–H groups in total. The fourth-order valence-electron chi connectivity index (χ4n) is 2.41. The third-order valence-corrected chi connectivity index (χ3v) is 3.12. The topological polar surface area (TPSA) is 37.3 Å². The normalized spacial score (nSPS) is 42.2. The molecule has 2 heteroatoms. The minimum atomic E-state index is -0.577. The highest BCUT2D eigenvalue weighted by atomic mass is 16.4. The van der Waals surface area contributed by atoms with Crippen molar-refractivity contribution < 1.29 is 9.90 Å². The first-order valence-corrected chi connectivity index (χ1v) is 4.68. The first-order valence-electron chi connectivity index (χ1n) is 4.68. The molecule has 2 aliphatic carbocycles. The molecule has 2 rings (SSSR count). The second-order valence-electron chi connectivity index (χ2n) is 3.82. The van der Waals surface area contributed by atoms with Gasteiger partial charge in [-0.15, -0.1) is 0 Å². The average Bonchev–Trinajstić information content (AvgIpc) is 2.60. The molecular formula is C10H14O2. The van der Waals surface area contributed by atoms with Gasteiger partial charge in [-0.1, -0.05) is 12.2 Å². The molecule has 2 aliphatic rings. The van der Waals surface area contributed by atoms with E-state index < -0.39 is 5.97 Å². The molecule has 0 aromatic rings. The number of fused-ring (bicyclic) bond motifs is 1. The van der Waals surface area contributed by atoms with E-state index in [0.717, 1.165) is 25.7 Å². The van der Waals surface area contributed by atoms with Crippen LogP contribution in [0.2, 0.25) is 0 Å². The minimum Gasteiger partial charge on any atom is -0.481 e. The van der Waals surface area contributed by atoms with Crippen LogP contribution in [0.25, 0.3) is 0 Å². The zero-order chi connectivity index (χ0) is 8.55. The van der Waals surface area contributed by atoms with Crippen LogP contribution in [0.1, 0.15) is 25.7 Å². The fourth-order valence-corrected chi connectivity index (χ4v) is 2.41. The van der Waals surface area contributed by atoms with Crippen LogP contribution in [0.3, 0.4) is 0 Å². The summed E-state index contributed by atoms with van der Waals surface area (Å²) >= 11 is 0. The monoisotopic (exact) mass is 166 g/mol. The quantitative estimate of drug-likeness (QED) is 0.605. The number of allylic oxidation sites excluding steroid dienone is 2. The van der Waals surface area contributed by atoms with Crippen molar-refractivity contribution in [2.45, 2.75) is 25.7 Å². The van der Waals surface area contributed by atoms with Gasteiger partial charge in [-0.2, -0.15) is 0 Å². The highest BCUT2D eigenvalue weighted by Gasteiger charge is 2.53. The van der Waals surface area contributed by atoms with Crippen LogP contribution < -0.4 is 0 Å². The molecule has 0 saturated heterocycles. The van der Waals surface area contributed by atoms with E-state index in [-0.39, 0.29) is 5.92 Å². The summed E-state index contributed by atoms with van der Waals surface area (Å²) < 4.78 is 0. The summed E-state index contributed by atoms with van der Waals surface area (Å²) in [6.07, 6.45) is 8.69. The molecule has 0 bridgehead atoms. The first kappa shape index (κ1) is 7.84. The van der Waals surface area contributed by atoms with Gasteiger partial charge in [0.05, 0.1) is 5.92 Å². The second-order valence-corrected chi connectivity index (χ2v) is 3.82. The molecule has 0 aromatic carbocycles. The summed E-state index contributed by atoms with van der Waals surface area (Å²) in [4.78, 5) is 10.7. The SMILES string of the molecule is O=C(O)[C@H]1[C@@H]2CC/C=C/CC[C@@H]21. The number of hydrogen-bond acceptors (Lipinski definition) is 1. The van der Waals surface area contributed by atoms with Crippen LogP contribution in [0.5, 0.6) is 0 Å². The molecule has 0 aromatic heterocycles. The summed E-state index contributed by atoms with van der Waals surface area (Å²) in [5, 5.41) is 8.85. The zero-order valence-corrected chi connectivity index (χ0v) is 7.07. The van der Waals surface area contributed by atoms with E-state index in [1.54, 1.807) is 0 Å². The summed E-state index contributed by atoms with van der Waals surface area (Å²) in [6, 6.07) is 0. The lowest BCUT2D eigenvalue weighted by Gasteiger charge is -1.98.